The van der Waals surface area contributed by atoms with Crippen molar-refractivity contribution in [2.24, 2.45) is 0 Å². The van der Waals surface area contributed by atoms with Crippen LogP contribution < -0.4 is 5.32 Å². The second-order valence-corrected chi connectivity index (χ2v) is 3.20. The summed E-state index contributed by atoms with van der Waals surface area (Å²) in [6, 6.07) is 0.326. The third-order valence-corrected chi connectivity index (χ3v) is 1.74. The van der Waals surface area contributed by atoms with Crippen molar-refractivity contribution in [3.63, 3.8) is 0 Å². The molecule has 1 N–H and O–H groups in total. The van der Waals surface area contributed by atoms with Gasteiger partial charge in [0.05, 0.1) is 11.9 Å². The maximum absolute atomic E-state index is 11.0. The number of amides is 1. The molecule has 86 valence electrons. The lowest BCUT2D eigenvalue weighted by Crippen LogP contribution is -2.08. The molecular weight excluding hydrogens is 190 g/mol. The van der Waals surface area contributed by atoms with Crippen LogP contribution in [0, 0.1) is 0 Å². The van der Waals surface area contributed by atoms with E-state index in [0.29, 0.717) is 12.5 Å². The maximum atomic E-state index is 11.0. The van der Waals surface area contributed by atoms with Gasteiger partial charge in [0.2, 0.25) is 5.91 Å². The fourth-order valence-electron chi connectivity index (χ4n) is 0.934. The average Bonchev–Trinajstić information content (AvgIpc) is 2.69. The smallest absolute Gasteiger partial charge is 0.224 e. The predicted molar refractivity (Wildman–Crippen MR) is 62.9 cm³/mol. The van der Waals surface area contributed by atoms with Crippen molar-refractivity contribution < 1.29 is 4.79 Å². The summed E-state index contributed by atoms with van der Waals surface area (Å²) < 4.78 is 1.81. The summed E-state index contributed by atoms with van der Waals surface area (Å²) in [6.45, 7) is 9.90. The van der Waals surface area contributed by atoms with Crippen LogP contribution in [0.15, 0.2) is 12.4 Å². The van der Waals surface area contributed by atoms with Crippen molar-refractivity contribution in [2.45, 2.75) is 47.1 Å². The zero-order valence-electron chi connectivity index (χ0n) is 10.2. The monoisotopic (exact) mass is 211 g/mol. The molecule has 1 amide bonds. The van der Waals surface area contributed by atoms with E-state index in [1.807, 2.05) is 45.5 Å². The number of rotatable bonds is 3. The van der Waals surface area contributed by atoms with Crippen molar-refractivity contribution in [3.05, 3.63) is 12.4 Å². The zero-order chi connectivity index (χ0) is 11.8. The van der Waals surface area contributed by atoms with E-state index in [4.69, 9.17) is 0 Å². The van der Waals surface area contributed by atoms with Gasteiger partial charge in [0.25, 0.3) is 0 Å². The van der Waals surface area contributed by atoms with Crippen molar-refractivity contribution in [3.8, 4) is 0 Å². The molecule has 0 saturated heterocycles. The number of nitrogens with one attached hydrogen (secondary N) is 1. The van der Waals surface area contributed by atoms with Crippen molar-refractivity contribution >= 4 is 11.6 Å². The molecule has 4 nitrogen and oxygen atoms in total. The summed E-state index contributed by atoms with van der Waals surface area (Å²) in [5, 5.41) is 6.85. The third-order valence-electron chi connectivity index (χ3n) is 1.74. The van der Waals surface area contributed by atoms with Crippen LogP contribution in [0.2, 0.25) is 0 Å². The molecule has 1 aromatic rings. The van der Waals surface area contributed by atoms with Gasteiger partial charge in [-0.15, -0.1) is 0 Å². The fraction of sp³-hybridized carbons (Fsp3) is 0.636. The molecule has 0 radical (unpaired) electrons. The van der Waals surface area contributed by atoms with E-state index in [1.54, 1.807) is 6.20 Å². The molecule has 1 aromatic heterocycles. The Labute approximate surface area is 91.7 Å². The lowest BCUT2D eigenvalue weighted by atomic mass is 10.4. The van der Waals surface area contributed by atoms with Crippen LogP contribution in [0.5, 0.6) is 0 Å². The summed E-state index contributed by atoms with van der Waals surface area (Å²) in [7, 11) is 0. The van der Waals surface area contributed by atoms with E-state index >= 15 is 0 Å². The Balaban J connectivity index is 0.000000921. The van der Waals surface area contributed by atoms with Gasteiger partial charge in [-0.1, -0.05) is 20.8 Å². The summed E-state index contributed by atoms with van der Waals surface area (Å²) >= 11 is 0. The molecule has 1 heterocycles. The van der Waals surface area contributed by atoms with Crippen LogP contribution in [0.1, 0.15) is 47.1 Å². The minimum absolute atomic E-state index is 0.0170. The Kier molecular flexibility index (Phi) is 6.42. The molecule has 0 unspecified atom stereocenters. The van der Waals surface area contributed by atoms with Crippen molar-refractivity contribution in [1.29, 1.82) is 0 Å². The standard InChI is InChI=1S/C9H15N3O.C2H6/c1-4-9(13)11-8-5-10-12(6-8)7(2)3;1-2/h5-7H,4H2,1-3H3,(H,11,13);1-2H3. The van der Waals surface area contributed by atoms with Gasteiger partial charge in [-0.2, -0.15) is 5.10 Å². The van der Waals surface area contributed by atoms with Crippen LogP contribution >= 0.6 is 0 Å². The first-order valence-corrected chi connectivity index (χ1v) is 5.47. The molecule has 0 aromatic carbocycles. The minimum atomic E-state index is 0.0170. The van der Waals surface area contributed by atoms with Crippen LogP contribution in [-0.4, -0.2) is 15.7 Å². The van der Waals surface area contributed by atoms with E-state index in [0.717, 1.165) is 5.69 Å². The highest BCUT2D eigenvalue weighted by atomic mass is 16.1. The SMILES string of the molecule is CC.CCC(=O)Nc1cnn(C(C)C)c1. The molecule has 0 bridgehead atoms. The van der Waals surface area contributed by atoms with E-state index in [-0.39, 0.29) is 5.91 Å². The lowest BCUT2D eigenvalue weighted by Gasteiger charge is -2.03. The molecule has 1 rings (SSSR count). The first kappa shape index (κ1) is 13.7. The third kappa shape index (κ3) is 4.63. The summed E-state index contributed by atoms with van der Waals surface area (Å²) in [5.41, 5.74) is 0.764. The highest BCUT2D eigenvalue weighted by molar-refractivity contribution is 5.90. The van der Waals surface area contributed by atoms with Crippen molar-refractivity contribution in [1.82, 2.24) is 9.78 Å². The van der Waals surface area contributed by atoms with Gasteiger partial charge in [0, 0.05) is 18.7 Å². The molecule has 0 aliphatic heterocycles. The molecule has 0 aliphatic carbocycles. The number of carbonyl (C=O) groups is 1. The van der Waals surface area contributed by atoms with Crippen LogP contribution in [-0.2, 0) is 4.79 Å². The Bertz CT molecular complexity index is 292. The van der Waals surface area contributed by atoms with Gasteiger partial charge in [0.15, 0.2) is 0 Å². The largest absolute Gasteiger partial charge is 0.323 e. The summed E-state index contributed by atoms with van der Waals surface area (Å²) in [4.78, 5) is 11.0. The van der Waals surface area contributed by atoms with Gasteiger partial charge in [0.1, 0.15) is 0 Å². The number of anilines is 1. The van der Waals surface area contributed by atoms with Gasteiger partial charge < -0.3 is 5.32 Å². The summed E-state index contributed by atoms with van der Waals surface area (Å²) in [5.74, 6) is 0.0170. The first-order chi connectivity index (χ1) is 7.13. The van der Waals surface area contributed by atoms with Crippen LogP contribution in [0.4, 0.5) is 5.69 Å². The number of hydrogen-bond donors (Lipinski definition) is 1. The Hall–Kier alpha value is -1.32. The highest BCUT2D eigenvalue weighted by Crippen LogP contribution is 2.09. The van der Waals surface area contributed by atoms with E-state index in [9.17, 15) is 4.79 Å². The molecule has 0 spiro atoms. The van der Waals surface area contributed by atoms with Crippen LogP contribution in [0.3, 0.4) is 0 Å². The molecule has 15 heavy (non-hydrogen) atoms. The van der Waals surface area contributed by atoms with E-state index < -0.39 is 0 Å². The maximum Gasteiger partial charge on any atom is 0.224 e. The molecule has 0 saturated carbocycles. The number of nitrogens with zero attached hydrogens (tertiary/aromatic N) is 2. The molecular formula is C11H21N3O. The average molecular weight is 211 g/mol. The van der Waals surface area contributed by atoms with Crippen LogP contribution in [0.25, 0.3) is 0 Å². The lowest BCUT2D eigenvalue weighted by molar-refractivity contribution is -0.115. The number of hydrogen-bond acceptors (Lipinski definition) is 2. The predicted octanol–water partition coefficient (Wildman–Crippen LogP) is 2.84. The fourth-order valence-corrected chi connectivity index (χ4v) is 0.934. The second-order valence-electron chi connectivity index (χ2n) is 3.20. The Morgan fingerprint density at radius 2 is 2.13 bits per heavy atom. The van der Waals surface area contributed by atoms with Gasteiger partial charge in [-0.05, 0) is 13.8 Å². The molecule has 0 aliphatic rings. The Morgan fingerprint density at radius 1 is 1.53 bits per heavy atom. The van der Waals surface area contributed by atoms with Gasteiger partial charge in [-0.3, -0.25) is 9.48 Å². The minimum Gasteiger partial charge on any atom is -0.323 e. The quantitative estimate of drug-likeness (QED) is 0.835. The topological polar surface area (TPSA) is 46.9 Å². The van der Waals surface area contributed by atoms with E-state index in [2.05, 4.69) is 10.4 Å². The highest BCUT2D eigenvalue weighted by Gasteiger charge is 2.03. The van der Waals surface area contributed by atoms with Gasteiger partial charge in [-0.25, -0.2) is 0 Å². The molecule has 0 atom stereocenters. The number of aromatic nitrogens is 2. The van der Waals surface area contributed by atoms with Crippen molar-refractivity contribution in [2.75, 3.05) is 5.32 Å². The molecule has 0 fully saturated rings. The summed E-state index contributed by atoms with van der Waals surface area (Å²) in [6.07, 6.45) is 3.98. The first-order valence-electron chi connectivity index (χ1n) is 5.47. The van der Waals surface area contributed by atoms with E-state index in [1.165, 1.54) is 0 Å². The second kappa shape index (κ2) is 7.04. The van der Waals surface area contributed by atoms with Gasteiger partial charge >= 0.3 is 0 Å². The zero-order valence-corrected chi connectivity index (χ0v) is 10.2. The normalized spacial score (nSPS) is 9.47. The molecule has 4 heteroatoms. The Morgan fingerprint density at radius 3 is 2.53 bits per heavy atom. The number of carbonyl (C=O) groups excluding carboxylic acids is 1.